The van der Waals surface area contributed by atoms with Crippen molar-refractivity contribution in [3.63, 3.8) is 0 Å². The number of rotatable bonds is 6. The molecule has 0 radical (unpaired) electrons. The molecule has 0 amide bonds. The Kier molecular flexibility index (Phi) is 4.84. The van der Waals surface area contributed by atoms with E-state index in [1.807, 2.05) is 6.20 Å². The lowest BCUT2D eigenvalue weighted by atomic mass is 10.0. The van der Waals surface area contributed by atoms with Crippen LogP contribution in [-0.2, 0) is 6.42 Å². The van der Waals surface area contributed by atoms with Crippen LogP contribution in [0.5, 0.6) is 0 Å². The zero-order valence-electron chi connectivity index (χ0n) is 10.9. The molecule has 4 heteroatoms. The molecule has 0 saturated heterocycles. The summed E-state index contributed by atoms with van der Waals surface area (Å²) in [7, 11) is 0. The third-order valence-corrected chi connectivity index (χ3v) is 3.39. The van der Waals surface area contributed by atoms with Crippen molar-refractivity contribution in [1.82, 2.24) is 14.1 Å². The lowest BCUT2D eigenvalue weighted by Crippen LogP contribution is -2.24. The first-order valence-corrected chi connectivity index (χ1v) is 7.09. The molecule has 0 aliphatic carbocycles. The van der Waals surface area contributed by atoms with Crippen LogP contribution >= 0.6 is 11.7 Å². The van der Waals surface area contributed by atoms with Crippen molar-refractivity contribution in [1.29, 1.82) is 0 Å². The molecule has 0 spiro atoms. The fourth-order valence-electron chi connectivity index (χ4n) is 2.00. The van der Waals surface area contributed by atoms with Gasteiger partial charge in [0.05, 0.1) is 29.7 Å². The number of nitrogens with zero attached hydrogens (tertiary/aromatic N) is 2. The summed E-state index contributed by atoms with van der Waals surface area (Å²) >= 11 is 1.28. The normalized spacial score (nSPS) is 12.6. The number of aryl methyl sites for hydroxylation is 1. The molecule has 2 rings (SSSR count). The minimum absolute atomic E-state index is 0.269. The minimum Gasteiger partial charge on any atom is -0.308 e. The molecule has 0 bridgehead atoms. The molecule has 18 heavy (non-hydrogen) atoms. The monoisotopic (exact) mass is 261 g/mol. The Bertz CT molecular complexity index is 468. The van der Waals surface area contributed by atoms with Gasteiger partial charge in [-0.3, -0.25) is 0 Å². The highest BCUT2D eigenvalue weighted by molar-refractivity contribution is 6.99. The van der Waals surface area contributed by atoms with Gasteiger partial charge >= 0.3 is 0 Å². The Labute approximate surface area is 113 Å². The van der Waals surface area contributed by atoms with E-state index in [1.54, 1.807) is 0 Å². The van der Waals surface area contributed by atoms with E-state index >= 15 is 0 Å². The minimum atomic E-state index is 0.269. The van der Waals surface area contributed by atoms with Gasteiger partial charge < -0.3 is 5.32 Å². The van der Waals surface area contributed by atoms with E-state index in [-0.39, 0.29) is 6.04 Å². The molecule has 3 nitrogen and oxygen atoms in total. The van der Waals surface area contributed by atoms with Crippen LogP contribution in [0.25, 0.3) is 0 Å². The van der Waals surface area contributed by atoms with Crippen LogP contribution in [0.3, 0.4) is 0 Å². The molecule has 0 fully saturated rings. The molecule has 0 aliphatic heterocycles. The lowest BCUT2D eigenvalue weighted by molar-refractivity contribution is 0.521. The van der Waals surface area contributed by atoms with Gasteiger partial charge in [-0.1, -0.05) is 36.8 Å². The fraction of sp³-hybridized carbons (Fsp3) is 0.429. The standard InChI is InChI=1S/C14H19N3S/c1-3-7-15-13(14-10-16-18-17-14)9-12-6-4-5-11(2)8-12/h4-6,8,10,13,15H,3,7,9H2,1-2H3. The molecular formula is C14H19N3S. The molecule has 1 atom stereocenters. The van der Waals surface area contributed by atoms with Gasteiger partial charge in [-0.25, -0.2) is 0 Å². The Morgan fingerprint density at radius 2 is 2.28 bits per heavy atom. The fourth-order valence-corrected chi connectivity index (χ4v) is 2.47. The van der Waals surface area contributed by atoms with Gasteiger partial charge in [0.25, 0.3) is 0 Å². The first-order valence-electron chi connectivity index (χ1n) is 6.36. The van der Waals surface area contributed by atoms with E-state index in [1.165, 1.54) is 22.9 Å². The van der Waals surface area contributed by atoms with Crippen molar-refractivity contribution < 1.29 is 0 Å². The van der Waals surface area contributed by atoms with E-state index in [0.29, 0.717) is 0 Å². The van der Waals surface area contributed by atoms with E-state index in [4.69, 9.17) is 0 Å². The number of hydrogen-bond acceptors (Lipinski definition) is 4. The summed E-state index contributed by atoms with van der Waals surface area (Å²) < 4.78 is 8.46. The molecule has 1 N–H and O–H groups in total. The van der Waals surface area contributed by atoms with Crippen LogP contribution in [0.4, 0.5) is 0 Å². The van der Waals surface area contributed by atoms with E-state index in [0.717, 1.165) is 25.1 Å². The summed E-state index contributed by atoms with van der Waals surface area (Å²) in [6, 6.07) is 8.92. The highest BCUT2D eigenvalue weighted by atomic mass is 32.1. The molecule has 0 saturated carbocycles. The topological polar surface area (TPSA) is 37.8 Å². The smallest absolute Gasteiger partial charge is 0.0915 e. The number of nitrogens with one attached hydrogen (secondary N) is 1. The van der Waals surface area contributed by atoms with Crippen molar-refractivity contribution >= 4 is 11.7 Å². The van der Waals surface area contributed by atoms with Crippen LogP contribution in [0.2, 0.25) is 0 Å². The van der Waals surface area contributed by atoms with Crippen molar-refractivity contribution in [2.24, 2.45) is 0 Å². The molecule has 1 unspecified atom stereocenters. The maximum absolute atomic E-state index is 4.36. The van der Waals surface area contributed by atoms with E-state index in [9.17, 15) is 0 Å². The lowest BCUT2D eigenvalue weighted by Gasteiger charge is -2.16. The van der Waals surface area contributed by atoms with Gasteiger partial charge in [0.2, 0.25) is 0 Å². The molecule has 2 aromatic rings. The summed E-state index contributed by atoms with van der Waals surface area (Å²) in [6.07, 6.45) is 3.96. The SMILES string of the molecule is CCCNC(Cc1cccc(C)c1)c1cnsn1. The maximum Gasteiger partial charge on any atom is 0.0915 e. The maximum atomic E-state index is 4.36. The van der Waals surface area contributed by atoms with Crippen molar-refractivity contribution in [2.75, 3.05) is 6.54 Å². The second-order valence-corrected chi connectivity index (χ2v) is 5.09. The zero-order valence-corrected chi connectivity index (χ0v) is 11.7. The molecule has 1 aromatic carbocycles. The van der Waals surface area contributed by atoms with Gasteiger partial charge in [0.15, 0.2) is 0 Å². The highest BCUT2D eigenvalue weighted by Crippen LogP contribution is 2.17. The quantitative estimate of drug-likeness (QED) is 0.868. The first-order chi connectivity index (χ1) is 8.79. The predicted octanol–water partition coefficient (Wildman–Crippen LogP) is 3.13. The van der Waals surface area contributed by atoms with Gasteiger partial charge in [0.1, 0.15) is 0 Å². The van der Waals surface area contributed by atoms with Gasteiger partial charge in [0, 0.05) is 0 Å². The van der Waals surface area contributed by atoms with Gasteiger partial charge in [-0.05, 0) is 31.9 Å². The summed E-state index contributed by atoms with van der Waals surface area (Å²) in [5.74, 6) is 0. The number of benzene rings is 1. The molecular weight excluding hydrogens is 242 g/mol. The van der Waals surface area contributed by atoms with Crippen LogP contribution in [0.15, 0.2) is 30.5 Å². The Morgan fingerprint density at radius 1 is 1.39 bits per heavy atom. The molecule has 1 aromatic heterocycles. The van der Waals surface area contributed by atoms with E-state index < -0.39 is 0 Å². The second-order valence-electron chi connectivity index (χ2n) is 4.53. The van der Waals surface area contributed by atoms with Gasteiger partial charge in [-0.15, -0.1) is 0 Å². The van der Waals surface area contributed by atoms with Crippen molar-refractivity contribution in [3.05, 3.63) is 47.3 Å². The molecule has 1 heterocycles. The zero-order chi connectivity index (χ0) is 12.8. The average molecular weight is 261 g/mol. The molecule has 96 valence electrons. The van der Waals surface area contributed by atoms with Gasteiger partial charge in [-0.2, -0.15) is 8.75 Å². The van der Waals surface area contributed by atoms with E-state index in [2.05, 4.69) is 52.2 Å². The first kappa shape index (κ1) is 13.2. The Balaban J connectivity index is 2.10. The van der Waals surface area contributed by atoms with Crippen molar-refractivity contribution in [3.8, 4) is 0 Å². The summed E-state index contributed by atoms with van der Waals surface area (Å²) in [5, 5.41) is 3.54. The average Bonchev–Trinajstić information content (AvgIpc) is 2.88. The predicted molar refractivity (Wildman–Crippen MR) is 75.8 cm³/mol. The summed E-state index contributed by atoms with van der Waals surface area (Å²) in [5.41, 5.74) is 3.70. The number of aromatic nitrogens is 2. The van der Waals surface area contributed by atoms with Crippen LogP contribution in [0.1, 0.15) is 36.2 Å². The Hall–Kier alpha value is -1.26. The number of hydrogen-bond donors (Lipinski definition) is 1. The second kappa shape index (κ2) is 6.61. The third-order valence-electron chi connectivity index (χ3n) is 2.90. The Morgan fingerprint density at radius 3 is 2.94 bits per heavy atom. The highest BCUT2D eigenvalue weighted by Gasteiger charge is 2.14. The summed E-state index contributed by atoms with van der Waals surface area (Å²) in [4.78, 5) is 0. The van der Waals surface area contributed by atoms with Crippen LogP contribution in [-0.4, -0.2) is 15.3 Å². The molecule has 0 aliphatic rings. The van der Waals surface area contributed by atoms with Crippen LogP contribution in [0, 0.1) is 6.92 Å². The summed E-state index contributed by atoms with van der Waals surface area (Å²) in [6.45, 7) is 5.31. The van der Waals surface area contributed by atoms with Crippen LogP contribution < -0.4 is 5.32 Å². The largest absolute Gasteiger partial charge is 0.308 e. The van der Waals surface area contributed by atoms with Crippen molar-refractivity contribution in [2.45, 2.75) is 32.7 Å². The third kappa shape index (κ3) is 3.62.